The van der Waals surface area contributed by atoms with Gasteiger partial charge in [0, 0.05) is 18.1 Å². The molecule has 0 saturated heterocycles. The van der Waals surface area contributed by atoms with Gasteiger partial charge in [-0.15, -0.1) is 0 Å². The lowest BCUT2D eigenvalue weighted by Crippen LogP contribution is -2.18. The summed E-state index contributed by atoms with van der Waals surface area (Å²) in [5, 5.41) is 0.577. The van der Waals surface area contributed by atoms with E-state index in [1.54, 1.807) is 18.3 Å². The first kappa shape index (κ1) is 19.1. The second kappa shape index (κ2) is 9.88. The standard InChI is InChI=1S/C10H15NO.C9H6N2OS/c1-9(2)12-11-8-10-6-4-3-5-7-10;12-9(13)7-4-3-6-2-1-5-10-8(6)11-7/h3-7,9,11H,8H2,1-2H3;1-5H,(H,12,13). The van der Waals surface area contributed by atoms with E-state index in [1.165, 1.54) is 5.56 Å². The van der Waals surface area contributed by atoms with Crippen LogP contribution in [0.5, 0.6) is 0 Å². The topological polar surface area (TPSA) is 64.1 Å². The minimum atomic E-state index is -0.340. The number of hydrogen-bond donors (Lipinski definition) is 2. The molecule has 2 heterocycles. The summed E-state index contributed by atoms with van der Waals surface area (Å²) in [5.41, 5.74) is 5.04. The number of thiol groups is 1. The summed E-state index contributed by atoms with van der Waals surface area (Å²) in [6.45, 7) is 4.76. The van der Waals surface area contributed by atoms with Gasteiger partial charge in [0.15, 0.2) is 5.65 Å². The molecule has 0 fully saturated rings. The zero-order chi connectivity index (χ0) is 18.1. The van der Waals surface area contributed by atoms with Crippen molar-refractivity contribution in [2.75, 3.05) is 0 Å². The van der Waals surface area contributed by atoms with Gasteiger partial charge in [-0.3, -0.25) is 9.63 Å². The van der Waals surface area contributed by atoms with E-state index in [-0.39, 0.29) is 11.2 Å². The SMILES string of the molecule is CC(C)ONCc1ccccc1.O=C(S)c1ccc2cccnc2n1. The third-order valence-electron chi connectivity index (χ3n) is 3.12. The van der Waals surface area contributed by atoms with Crippen molar-refractivity contribution in [2.45, 2.75) is 26.5 Å². The Balaban J connectivity index is 0.000000181. The fourth-order valence-electron chi connectivity index (χ4n) is 1.96. The molecule has 6 heteroatoms. The third-order valence-corrected chi connectivity index (χ3v) is 3.35. The van der Waals surface area contributed by atoms with Gasteiger partial charge in [0.05, 0.1) is 6.10 Å². The van der Waals surface area contributed by atoms with Crippen molar-refractivity contribution in [3.8, 4) is 0 Å². The second-order valence-electron chi connectivity index (χ2n) is 5.53. The lowest BCUT2D eigenvalue weighted by Gasteiger charge is -2.07. The van der Waals surface area contributed by atoms with E-state index in [9.17, 15) is 4.79 Å². The summed E-state index contributed by atoms with van der Waals surface area (Å²) in [5.74, 6) is 0. The number of carbonyl (C=O) groups excluding carboxylic acids is 1. The molecule has 25 heavy (non-hydrogen) atoms. The maximum Gasteiger partial charge on any atom is 0.234 e. The average molecular weight is 355 g/mol. The summed E-state index contributed by atoms with van der Waals surface area (Å²) < 4.78 is 0. The summed E-state index contributed by atoms with van der Waals surface area (Å²) in [6, 6.07) is 17.3. The molecular weight excluding hydrogens is 334 g/mol. The quantitative estimate of drug-likeness (QED) is 0.538. The predicted molar refractivity (Wildman–Crippen MR) is 102 cm³/mol. The molecule has 0 saturated carbocycles. The molecule has 5 nitrogen and oxygen atoms in total. The minimum Gasteiger partial charge on any atom is -0.299 e. The largest absolute Gasteiger partial charge is 0.299 e. The maximum atomic E-state index is 10.9. The molecule has 0 radical (unpaired) electrons. The number of hydroxylamine groups is 1. The molecule has 0 bridgehead atoms. The van der Waals surface area contributed by atoms with Crippen LogP contribution in [0.3, 0.4) is 0 Å². The van der Waals surface area contributed by atoms with Crippen LogP contribution in [-0.2, 0) is 11.4 Å². The second-order valence-corrected chi connectivity index (χ2v) is 5.93. The first-order valence-corrected chi connectivity index (χ1v) is 8.38. The van der Waals surface area contributed by atoms with Crippen molar-refractivity contribution >= 4 is 28.8 Å². The van der Waals surface area contributed by atoms with Gasteiger partial charge in [-0.2, -0.15) is 5.48 Å². The number of nitrogens with zero attached hydrogens (tertiary/aromatic N) is 2. The maximum absolute atomic E-state index is 10.9. The number of benzene rings is 1. The monoisotopic (exact) mass is 355 g/mol. The molecule has 0 aliphatic rings. The van der Waals surface area contributed by atoms with Crippen molar-refractivity contribution in [1.29, 1.82) is 0 Å². The molecule has 1 aromatic carbocycles. The molecule has 3 rings (SSSR count). The van der Waals surface area contributed by atoms with Crippen LogP contribution >= 0.6 is 12.6 Å². The van der Waals surface area contributed by atoms with Gasteiger partial charge >= 0.3 is 0 Å². The van der Waals surface area contributed by atoms with Crippen molar-refractivity contribution in [3.63, 3.8) is 0 Å². The summed E-state index contributed by atoms with van der Waals surface area (Å²) >= 11 is 3.68. The molecule has 0 aliphatic carbocycles. The number of hydrogen-bond acceptors (Lipinski definition) is 5. The van der Waals surface area contributed by atoms with Gasteiger partial charge in [0.25, 0.3) is 0 Å². The van der Waals surface area contributed by atoms with Gasteiger partial charge < -0.3 is 0 Å². The van der Waals surface area contributed by atoms with Crippen LogP contribution in [0.15, 0.2) is 60.8 Å². The first-order chi connectivity index (χ1) is 12.1. The van der Waals surface area contributed by atoms with E-state index in [0.29, 0.717) is 11.3 Å². The van der Waals surface area contributed by atoms with Gasteiger partial charge in [-0.25, -0.2) is 9.97 Å². The summed E-state index contributed by atoms with van der Waals surface area (Å²) in [6.07, 6.45) is 1.87. The molecule has 0 atom stereocenters. The fourth-order valence-corrected chi connectivity index (χ4v) is 2.08. The van der Waals surface area contributed by atoms with Gasteiger partial charge in [0.1, 0.15) is 5.69 Å². The highest BCUT2D eigenvalue weighted by Crippen LogP contribution is 2.10. The molecule has 0 aliphatic heterocycles. The highest BCUT2D eigenvalue weighted by Gasteiger charge is 2.02. The number of fused-ring (bicyclic) bond motifs is 1. The zero-order valence-electron chi connectivity index (χ0n) is 14.2. The third kappa shape index (κ3) is 6.62. The number of carbonyl (C=O) groups is 1. The minimum absolute atomic E-state index is 0.230. The first-order valence-electron chi connectivity index (χ1n) is 7.94. The molecule has 130 valence electrons. The van der Waals surface area contributed by atoms with E-state index in [4.69, 9.17) is 4.84 Å². The highest BCUT2D eigenvalue weighted by molar-refractivity contribution is 7.97. The Morgan fingerprint density at radius 3 is 2.56 bits per heavy atom. The summed E-state index contributed by atoms with van der Waals surface area (Å²) in [7, 11) is 0. The lowest BCUT2D eigenvalue weighted by molar-refractivity contribution is -0.00883. The number of nitrogens with one attached hydrogen (secondary N) is 1. The van der Waals surface area contributed by atoms with E-state index < -0.39 is 0 Å². The van der Waals surface area contributed by atoms with Crippen LogP contribution in [0.4, 0.5) is 0 Å². The van der Waals surface area contributed by atoms with Gasteiger partial charge in [-0.1, -0.05) is 43.0 Å². The van der Waals surface area contributed by atoms with E-state index in [0.717, 1.165) is 11.9 Å². The molecule has 0 spiro atoms. The Hall–Kier alpha value is -2.28. The Labute approximate surface area is 152 Å². The van der Waals surface area contributed by atoms with Crippen LogP contribution in [0, 0.1) is 0 Å². The fraction of sp³-hybridized carbons (Fsp3) is 0.211. The van der Waals surface area contributed by atoms with Gasteiger partial charge in [0.2, 0.25) is 5.12 Å². The zero-order valence-corrected chi connectivity index (χ0v) is 15.1. The number of pyridine rings is 2. The van der Waals surface area contributed by atoms with Crippen LogP contribution in [0.2, 0.25) is 0 Å². The van der Waals surface area contributed by atoms with Crippen molar-refractivity contribution in [2.24, 2.45) is 0 Å². The normalized spacial score (nSPS) is 10.4. The van der Waals surface area contributed by atoms with Crippen LogP contribution < -0.4 is 5.48 Å². The molecular formula is C19H21N3O2S. The highest BCUT2D eigenvalue weighted by atomic mass is 32.1. The lowest BCUT2D eigenvalue weighted by atomic mass is 10.2. The Bertz CT molecular complexity index is 810. The molecule has 2 aromatic heterocycles. The molecule has 1 N–H and O–H groups in total. The van der Waals surface area contributed by atoms with E-state index in [2.05, 4.69) is 40.2 Å². The van der Waals surface area contributed by atoms with Crippen LogP contribution in [0.25, 0.3) is 11.0 Å². The van der Waals surface area contributed by atoms with Gasteiger partial charge in [-0.05, 0) is 43.7 Å². The Morgan fingerprint density at radius 2 is 1.88 bits per heavy atom. The smallest absolute Gasteiger partial charge is 0.234 e. The predicted octanol–water partition coefficient (Wildman–Crippen LogP) is 3.82. The average Bonchev–Trinajstić information content (AvgIpc) is 2.62. The van der Waals surface area contributed by atoms with E-state index >= 15 is 0 Å². The summed E-state index contributed by atoms with van der Waals surface area (Å²) in [4.78, 5) is 24.1. The van der Waals surface area contributed by atoms with Crippen LogP contribution in [0.1, 0.15) is 29.9 Å². The Morgan fingerprint density at radius 1 is 1.12 bits per heavy atom. The van der Waals surface area contributed by atoms with Crippen molar-refractivity contribution in [1.82, 2.24) is 15.4 Å². The van der Waals surface area contributed by atoms with E-state index in [1.807, 2.05) is 44.2 Å². The van der Waals surface area contributed by atoms with Crippen LogP contribution in [-0.4, -0.2) is 21.2 Å². The number of aromatic nitrogens is 2. The Kier molecular flexibility index (Phi) is 7.53. The molecule has 3 aromatic rings. The molecule has 0 amide bonds. The number of rotatable bonds is 5. The van der Waals surface area contributed by atoms with Crippen molar-refractivity contribution in [3.05, 3.63) is 72.1 Å². The molecule has 0 unspecified atom stereocenters. The van der Waals surface area contributed by atoms with Crippen molar-refractivity contribution < 1.29 is 9.63 Å².